The van der Waals surface area contributed by atoms with Crippen molar-refractivity contribution in [1.29, 1.82) is 0 Å². The maximum Gasteiger partial charge on any atom is 0.260 e. The first-order valence-corrected chi connectivity index (χ1v) is 8.92. The average Bonchev–Trinajstić information content (AvgIpc) is 2.95. The Morgan fingerprint density at radius 2 is 1.73 bits per heavy atom. The molecule has 0 aromatic heterocycles. The van der Waals surface area contributed by atoms with Gasteiger partial charge in [0.25, 0.3) is 5.91 Å². The highest BCUT2D eigenvalue weighted by Crippen LogP contribution is 2.38. The van der Waals surface area contributed by atoms with Crippen molar-refractivity contribution in [2.75, 3.05) is 18.1 Å². The van der Waals surface area contributed by atoms with Crippen LogP contribution in [0.4, 0.5) is 5.69 Å². The summed E-state index contributed by atoms with van der Waals surface area (Å²) >= 11 is 0. The quantitative estimate of drug-likeness (QED) is 0.925. The Labute approximate surface area is 152 Å². The fraction of sp³-hybridized carbons (Fsp3) is 0.333. The highest BCUT2D eigenvalue weighted by molar-refractivity contribution is 6.25. The second kappa shape index (κ2) is 6.67. The van der Waals surface area contributed by atoms with Gasteiger partial charge in [0, 0.05) is 26.1 Å². The standard InChI is InChI=1S/C21H22N2O3/c1-15-7-9-16(10-8-15)18(24)19-22-21(11-13-26-14-12-21)20(25)23(19)17-5-3-2-4-6-17/h2-10,18,24H,11-14H2,1H3. The monoisotopic (exact) mass is 350 g/mol. The molecule has 1 atom stereocenters. The summed E-state index contributed by atoms with van der Waals surface area (Å²) in [6.07, 6.45) is 0.125. The average molecular weight is 350 g/mol. The number of hydrogen-bond donors (Lipinski definition) is 1. The fourth-order valence-electron chi connectivity index (χ4n) is 3.57. The fourth-order valence-corrected chi connectivity index (χ4v) is 3.57. The van der Waals surface area contributed by atoms with Gasteiger partial charge in [-0.1, -0.05) is 48.0 Å². The summed E-state index contributed by atoms with van der Waals surface area (Å²) < 4.78 is 5.44. The molecule has 0 aliphatic carbocycles. The molecule has 134 valence electrons. The summed E-state index contributed by atoms with van der Waals surface area (Å²) in [4.78, 5) is 19.7. The van der Waals surface area contributed by atoms with Crippen LogP contribution in [0.1, 0.15) is 30.1 Å². The van der Waals surface area contributed by atoms with Crippen LogP contribution in [0.25, 0.3) is 0 Å². The number of para-hydroxylation sites is 1. The minimum atomic E-state index is -0.957. The lowest BCUT2D eigenvalue weighted by Gasteiger charge is -2.29. The summed E-state index contributed by atoms with van der Waals surface area (Å²) in [5.41, 5.74) is 1.75. The Kier molecular flexibility index (Phi) is 4.34. The number of ether oxygens (including phenoxy) is 1. The van der Waals surface area contributed by atoms with Crippen LogP contribution in [-0.4, -0.2) is 35.6 Å². The van der Waals surface area contributed by atoms with E-state index in [1.807, 2.05) is 61.5 Å². The summed E-state index contributed by atoms with van der Waals surface area (Å²) in [6, 6.07) is 17.1. The topological polar surface area (TPSA) is 62.1 Å². The second-order valence-corrected chi connectivity index (χ2v) is 6.90. The van der Waals surface area contributed by atoms with Gasteiger partial charge in [0.1, 0.15) is 17.5 Å². The molecule has 1 N–H and O–H groups in total. The SMILES string of the molecule is Cc1ccc(C(O)C2=NC3(CCOCC3)C(=O)N2c2ccccc2)cc1. The van der Waals surface area contributed by atoms with Gasteiger partial charge < -0.3 is 9.84 Å². The van der Waals surface area contributed by atoms with Gasteiger partial charge in [-0.05, 0) is 24.6 Å². The second-order valence-electron chi connectivity index (χ2n) is 6.90. The van der Waals surface area contributed by atoms with Gasteiger partial charge in [0.2, 0.25) is 0 Å². The molecule has 1 unspecified atom stereocenters. The molecule has 1 spiro atoms. The van der Waals surface area contributed by atoms with Crippen molar-refractivity contribution in [3.05, 3.63) is 65.7 Å². The molecule has 2 aromatic rings. The molecule has 0 saturated carbocycles. The number of nitrogens with zero attached hydrogens (tertiary/aromatic N) is 2. The number of aliphatic imine (C=N–C) groups is 1. The van der Waals surface area contributed by atoms with E-state index in [0.29, 0.717) is 31.9 Å². The molecule has 1 saturated heterocycles. The minimum absolute atomic E-state index is 0.0758. The van der Waals surface area contributed by atoms with Gasteiger partial charge >= 0.3 is 0 Å². The zero-order valence-corrected chi connectivity index (χ0v) is 14.8. The molecule has 5 nitrogen and oxygen atoms in total. The summed E-state index contributed by atoms with van der Waals surface area (Å²) in [7, 11) is 0. The Morgan fingerprint density at radius 1 is 1.08 bits per heavy atom. The van der Waals surface area contributed by atoms with Crippen LogP contribution < -0.4 is 4.90 Å². The third-order valence-corrected chi connectivity index (χ3v) is 5.13. The summed E-state index contributed by atoms with van der Waals surface area (Å²) in [6.45, 7) is 3.01. The number of anilines is 1. The highest BCUT2D eigenvalue weighted by atomic mass is 16.5. The van der Waals surface area contributed by atoms with Crippen molar-refractivity contribution in [3.63, 3.8) is 0 Å². The number of amides is 1. The van der Waals surface area contributed by atoms with E-state index in [1.54, 1.807) is 4.90 Å². The Balaban J connectivity index is 1.77. The lowest BCUT2D eigenvalue weighted by atomic mass is 9.90. The third-order valence-electron chi connectivity index (χ3n) is 5.13. The first kappa shape index (κ1) is 16.9. The van der Waals surface area contributed by atoms with Crippen LogP contribution in [0.2, 0.25) is 0 Å². The van der Waals surface area contributed by atoms with Crippen molar-refractivity contribution in [1.82, 2.24) is 0 Å². The number of hydrogen-bond acceptors (Lipinski definition) is 4. The number of aryl methyl sites for hydroxylation is 1. The first-order chi connectivity index (χ1) is 12.6. The first-order valence-electron chi connectivity index (χ1n) is 8.92. The van der Waals surface area contributed by atoms with E-state index < -0.39 is 11.6 Å². The van der Waals surface area contributed by atoms with Gasteiger partial charge in [-0.3, -0.25) is 14.7 Å². The largest absolute Gasteiger partial charge is 0.381 e. The van der Waals surface area contributed by atoms with Crippen molar-refractivity contribution >= 4 is 17.4 Å². The van der Waals surface area contributed by atoms with E-state index in [9.17, 15) is 9.90 Å². The zero-order valence-electron chi connectivity index (χ0n) is 14.8. The molecule has 0 radical (unpaired) electrons. The molecular formula is C21H22N2O3. The maximum absolute atomic E-state index is 13.3. The molecule has 4 rings (SSSR count). The van der Waals surface area contributed by atoms with Gasteiger partial charge in [-0.25, -0.2) is 0 Å². The lowest BCUT2D eigenvalue weighted by molar-refractivity contribution is -0.124. The number of carbonyl (C=O) groups is 1. The number of rotatable bonds is 3. The van der Waals surface area contributed by atoms with Crippen molar-refractivity contribution in [3.8, 4) is 0 Å². The van der Waals surface area contributed by atoms with Crippen molar-refractivity contribution < 1.29 is 14.6 Å². The number of carbonyl (C=O) groups excluding carboxylic acids is 1. The van der Waals surface area contributed by atoms with Gasteiger partial charge in [0.05, 0.1) is 5.69 Å². The van der Waals surface area contributed by atoms with E-state index in [4.69, 9.17) is 9.73 Å². The van der Waals surface area contributed by atoms with Crippen LogP contribution in [0.15, 0.2) is 59.6 Å². The van der Waals surface area contributed by atoms with Gasteiger partial charge in [-0.2, -0.15) is 0 Å². The Bertz CT molecular complexity index is 824. The predicted octanol–water partition coefficient (Wildman–Crippen LogP) is 3.02. The number of amidine groups is 1. The minimum Gasteiger partial charge on any atom is -0.381 e. The van der Waals surface area contributed by atoms with Crippen LogP contribution in [0.3, 0.4) is 0 Å². The van der Waals surface area contributed by atoms with Crippen LogP contribution in [0.5, 0.6) is 0 Å². The molecule has 1 amide bonds. The molecule has 1 fully saturated rings. The molecule has 2 aliphatic heterocycles. The van der Waals surface area contributed by atoms with E-state index in [0.717, 1.165) is 16.8 Å². The maximum atomic E-state index is 13.3. The molecule has 26 heavy (non-hydrogen) atoms. The summed E-state index contributed by atoms with van der Waals surface area (Å²) in [5, 5.41) is 11.0. The predicted molar refractivity (Wildman–Crippen MR) is 100 cm³/mol. The summed E-state index contributed by atoms with van der Waals surface area (Å²) in [5.74, 6) is 0.320. The normalized spacial score (nSPS) is 20.3. The Hall–Kier alpha value is -2.50. The zero-order chi connectivity index (χ0) is 18.1. The van der Waals surface area contributed by atoms with Gasteiger partial charge in [0.15, 0.2) is 0 Å². The van der Waals surface area contributed by atoms with E-state index in [1.165, 1.54) is 0 Å². The molecular weight excluding hydrogens is 328 g/mol. The van der Waals surface area contributed by atoms with Crippen LogP contribution in [0, 0.1) is 6.92 Å². The van der Waals surface area contributed by atoms with Gasteiger partial charge in [-0.15, -0.1) is 0 Å². The third kappa shape index (κ3) is 2.83. The molecule has 2 aromatic carbocycles. The number of aliphatic hydroxyl groups excluding tert-OH is 1. The molecule has 5 heteroatoms. The number of benzene rings is 2. The highest BCUT2D eigenvalue weighted by Gasteiger charge is 2.51. The number of aliphatic hydroxyl groups is 1. The van der Waals surface area contributed by atoms with Crippen molar-refractivity contribution in [2.45, 2.75) is 31.4 Å². The van der Waals surface area contributed by atoms with E-state index in [-0.39, 0.29) is 5.91 Å². The van der Waals surface area contributed by atoms with Crippen molar-refractivity contribution in [2.24, 2.45) is 4.99 Å². The van der Waals surface area contributed by atoms with Crippen LogP contribution in [-0.2, 0) is 9.53 Å². The lowest BCUT2D eigenvalue weighted by Crippen LogP contribution is -2.46. The molecule has 2 aliphatic rings. The van der Waals surface area contributed by atoms with E-state index >= 15 is 0 Å². The van der Waals surface area contributed by atoms with E-state index in [2.05, 4.69) is 0 Å². The molecule has 2 heterocycles. The Morgan fingerprint density at radius 3 is 2.38 bits per heavy atom. The smallest absolute Gasteiger partial charge is 0.260 e. The molecule has 0 bridgehead atoms. The van der Waals surface area contributed by atoms with Crippen LogP contribution >= 0.6 is 0 Å².